The Morgan fingerprint density at radius 1 is 1.24 bits per heavy atom. The van der Waals surface area contributed by atoms with Crippen LogP contribution in [-0.4, -0.2) is 24.5 Å². The van der Waals surface area contributed by atoms with Crippen LogP contribution in [-0.2, 0) is 16.0 Å². The number of rotatable bonds is 5. The van der Waals surface area contributed by atoms with Crippen molar-refractivity contribution in [2.45, 2.75) is 26.4 Å². The summed E-state index contributed by atoms with van der Waals surface area (Å²) >= 11 is 0. The Kier molecular flexibility index (Phi) is 4.88. The molecule has 0 saturated carbocycles. The number of fused-ring (bicyclic) bond motifs is 1. The molecule has 1 atom stereocenters. The molecule has 2 aromatic rings. The molecule has 2 N–H and O–H groups in total. The molecular weight excluding hydrogens is 320 g/mol. The molecule has 1 heterocycles. The topological polar surface area (TPSA) is 76.7 Å². The largest absolute Gasteiger partial charge is 0.494 e. The molecule has 0 radical (unpaired) electrons. The smallest absolute Gasteiger partial charge is 0.265 e. The number of hydrogen-bond acceptors (Lipinski definition) is 4. The van der Waals surface area contributed by atoms with Crippen LogP contribution in [0.3, 0.4) is 0 Å². The van der Waals surface area contributed by atoms with Crippen LogP contribution in [0.25, 0.3) is 0 Å². The third-order valence-electron chi connectivity index (χ3n) is 3.79. The van der Waals surface area contributed by atoms with Crippen molar-refractivity contribution in [1.29, 1.82) is 0 Å². The van der Waals surface area contributed by atoms with Gasteiger partial charge in [-0.2, -0.15) is 0 Å². The summed E-state index contributed by atoms with van der Waals surface area (Å²) in [5.41, 5.74) is 2.06. The van der Waals surface area contributed by atoms with E-state index in [9.17, 15) is 9.59 Å². The zero-order chi connectivity index (χ0) is 17.8. The molecule has 6 nitrogen and oxygen atoms in total. The summed E-state index contributed by atoms with van der Waals surface area (Å²) in [6.07, 6.45) is -0.267. The minimum atomic E-state index is -0.521. The van der Waals surface area contributed by atoms with E-state index >= 15 is 0 Å². The molecule has 0 aliphatic carbocycles. The quantitative estimate of drug-likeness (QED) is 0.877. The number of benzene rings is 2. The lowest BCUT2D eigenvalue weighted by Crippen LogP contribution is -2.34. The average molecular weight is 340 g/mol. The van der Waals surface area contributed by atoms with Gasteiger partial charge in [0.15, 0.2) is 6.10 Å². The second-order valence-electron chi connectivity index (χ2n) is 5.76. The molecule has 1 unspecified atom stereocenters. The van der Waals surface area contributed by atoms with E-state index < -0.39 is 6.10 Å². The first kappa shape index (κ1) is 16.8. The van der Waals surface area contributed by atoms with Crippen molar-refractivity contribution in [3.05, 3.63) is 48.0 Å². The molecule has 0 aromatic heterocycles. The zero-order valence-electron chi connectivity index (χ0n) is 14.2. The third-order valence-corrected chi connectivity index (χ3v) is 3.79. The Morgan fingerprint density at radius 2 is 2.00 bits per heavy atom. The molecule has 0 fully saturated rings. The molecule has 0 spiro atoms. The lowest BCUT2D eigenvalue weighted by atomic mass is 10.1. The maximum absolute atomic E-state index is 12.2. The number of carbonyl (C=O) groups is 2. The monoisotopic (exact) mass is 340 g/mol. The highest BCUT2D eigenvalue weighted by molar-refractivity contribution is 5.99. The average Bonchev–Trinajstić information content (AvgIpc) is 2.58. The van der Waals surface area contributed by atoms with Crippen molar-refractivity contribution in [2.75, 3.05) is 17.2 Å². The summed E-state index contributed by atoms with van der Waals surface area (Å²) in [5, 5.41) is 5.59. The summed E-state index contributed by atoms with van der Waals surface area (Å²) in [6, 6.07) is 12.6. The molecule has 2 aromatic carbocycles. The molecule has 0 saturated heterocycles. The van der Waals surface area contributed by atoms with Crippen LogP contribution in [0, 0.1) is 0 Å². The maximum atomic E-state index is 12.2. The number of carbonyl (C=O) groups excluding carboxylic acids is 2. The standard InChI is InChI=1S/C19H20N2O4/c1-3-24-15-7-4-13(5-8-15)10-18(22)20-14-6-9-17-16(11-14)21-19(23)12(2)25-17/h4-9,11-12H,3,10H2,1-2H3,(H,20,22)(H,21,23). The first-order chi connectivity index (χ1) is 12.0. The summed E-state index contributed by atoms with van der Waals surface area (Å²) in [5.74, 6) is 1.04. The van der Waals surface area contributed by atoms with Crippen LogP contribution in [0.2, 0.25) is 0 Å². The number of anilines is 2. The summed E-state index contributed by atoms with van der Waals surface area (Å²) < 4.78 is 10.9. The number of nitrogens with one attached hydrogen (secondary N) is 2. The highest BCUT2D eigenvalue weighted by atomic mass is 16.5. The predicted octanol–water partition coefficient (Wildman–Crippen LogP) is 2.99. The Hall–Kier alpha value is -3.02. The van der Waals surface area contributed by atoms with Gasteiger partial charge in [0.05, 0.1) is 18.7 Å². The second kappa shape index (κ2) is 7.25. The van der Waals surface area contributed by atoms with Gasteiger partial charge >= 0.3 is 0 Å². The van der Waals surface area contributed by atoms with Crippen LogP contribution in [0.15, 0.2) is 42.5 Å². The van der Waals surface area contributed by atoms with Gasteiger partial charge in [-0.25, -0.2) is 0 Å². The van der Waals surface area contributed by atoms with E-state index in [-0.39, 0.29) is 18.2 Å². The molecular formula is C19H20N2O4. The van der Waals surface area contributed by atoms with E-state index in [2.05, 4.69) is 10.6 Å². The van der Waals surface area contributed by atoms with E-state index in [1.54, 1.807) is 25.1 Å². The first-order valence-electron chi connectivity index (χ1n) is 8.18. The fourth-order valence-corrected chi connectivity index (χ4v) is 2.55. The molecule has 25 heavy (non-hydrogen) atoms. The molecule has 0 bridgehead atoms. The normalized spacial score (nSPS) is 15.6. The van der Waals surface area contributed by atoms with Crippen molar-refractivity contribution >= 4 is 23.2 Å². The minimum Gasteiger partial charge on any atom is -0.494 e. The highest BCUT2D eigenvalue weighted by Crippen LogP contribution is 2.32. The van der Waals surface area contributed by atoms with Gasteiger partial charge in [0.2, 0.25) is 5.91 Å². The van der Waals surface area contributed by atoms with Crippen LogP contribution >= 0.6 is 0 Å². The SMILES string of the molecule is CCOc1ccc(CC(=O)Nc2ccc3c(c2)NC(=O)C(C)O3)cc1. The first-order valence-corrected chi connectivity index (χ1v) is 8.18. The van der Waals surface area contributed by atoms with Crippen LogP contribution in [0.5, 0.6) is 11.5 Å². The van der Waals surface area contributed by atoms with E-state index in [0.29, 0.717) is 23.7 Å². The number of hydrogen-bond donors (Lipinski definition) is 2. The van der Waals surface area contributed by atoms with Crippen LogP contribution in [0.4, 0.5) is 11.4 Å². The Balaban J connectivity index is 1.63. The van der Waals surface area contributed by atoms with E-state index in [1.807, 2.05) is 31.2 Å². The summed E-state index contributed by atoms with van der Waals surface area (Å²) in [6.45, 7) is 4.22. The third kappa shape index (κ3) is 4.09. The molecule has 2 amide bonds. The van der Waals surface area contributed by atoms with Crippen molar-refractivity contribution in [3.8, 4) is 11.5 Å². The molecule has 6 heteroatoms. The van der Waals surface area contributed by atoms with Crippen molar-refractivity contribution < 1.29 is 19.1 Å². The fraction of sp³-hybridized carbons (Fsp3) is 0.263. The van der Waals surface area contributed by atoms with Gasteiger partial charge in [-0.15, -0.1) is 0 Å². The lowest BCUT2D eigenvalue weighted by molar-refractivity contribution is -0.122. The van der Waals surface area contributed by atoms with Gasteiger partial charge in [-0.05, 0) is 49.7 Å². The Labute approximate surface area is 146 Å². The van der Waals surface area contributed by atoms with Gasteiger partial charge in [-0.3, -0.25) is 9.59 Å². The molecule has 3 rings (SSSR count). The van der Waals surface area contributed by atoms with Gasteiger partial charge in [0.25, 0.3) is 5.91 Å². The van der Waals surface area contributed by atoms with Crippen LogP contribution < -0.4 is 20.1 Å². The number of ether oxygens (including phenoxy) is 2. The van der Waals surface area contributed by atoms with E-state index in [4.69, 9.17) is 9.47 Å². The van der Waals surface area contributed by atoms with Crippen molar-refractivity contribution in [1.82, 2.24) is 0 Å². The van der Waals surface area contributed by atoms with E-state index in [1.165, 1.54) is 0 Å². The Morgan fingerprint density at radius 3 is 2.72 bits per heavy atom. The van der Waals surface area contributed by atoms with Gasteiger partial charge in [0, 0.05) is 5.69 Å². The number of amides is 2. The fourth-order valence-electron chi connectivity index (χ4n) is 2.55. The van der Waals surface area contributed by atoms with Crippen molar-refractivity contribution in [2.24, 2.45) is 0 Å². The summed E-state index contributed by atoms with van der Waals surface area (Å²) in [7, 11) is 0. The second-order valence-corrected chi connectivity index (χ2v) is 5.76. The predicted molar refractivity (Wildman–Crippen MR) is 95.1 cm³/mol. The molecule has 1 aliphatic rings. The Bertz CT molecular complexity index is 787. The maximum Gasteiger partial charge on any atom is 0.265 e. The van der Waals surface area contributed by atoms with Crippen LogP contribution in [0.1, 0.15) is 19.4 Å². The molecule has 1 aliphatic heterocycles. The summed E-state index contributed by atoms with van der Waals surface area (Å²) in [4.78, 5) is 23.9. The van der Waals surface area contributed by atoms with Gasteiger partial charge < -0.3 is 20.1 Å². The highest BCUT2D eigenvalue weighted by Gasteiger charge is 2.23. The van der Waals surface area contributed by atoms with Crippen molar-refractivity contribution in [3.63, 3.8) is 0 Å². The zero-order valence-corrected chi connectivity index (χ0v) is 14.2. The van der Waals surface area contributed by atoms with Gasteiger partial charge in [-0.1, -0.05) is 12.1 Å². The van der Waals surface area contributed by atoms with E-state index in [0.717, 1.165) is 11.3 Å². The minimum absolute atomic E-state index is 0.138. The van der Waals surface area contributed by atoms with Gasteiger partial charge in [0.1, 0.15) is 11.5 Å². The lowest BCUT2D eigenvalue weighted by Gasteiger charge is -2.23. The molecule has 130 valence electrons.